The highest BCUT2D eigenvalue weighted by Gasteiger charge is 2.22. The van der Waals surface area contributed by atoms with Gasteiger partial charge < -0.3 is 10.2 Å². The number of hydrogen-bond acceptors (Lipinski definition) is 2. The molecule has 1 fully saturated rings. The third-order valence-corrected chi connectivity index (χ3v) is 4.93. The molecule has 0 saturated carbocycles. The highest BCUT2D eigenvalue weighted by Crippen LogP contribution is 2.30. The first kappa shape index (κ1) is 16.8. The van der Waals surface area contributed by atoms with Crippen molar-refractivity contribution in [3.8, 4) is 0 Å². The minimum atomic E-state index is 0.153. The maximum Gasteiger partial charge on any atom is 0.0377 e. The molecule has 2 nitrogen and oxygen atoms in total. The van der Waals surface area contributed by atoms with E-state index >= 15 is 0 Å². The fourth-order valence-electron chi connectivity index (χ4n) is 2.95. The van der Waals surface area contributed by atoms with Crippen LogP contribution >= 0.6 is 15.9 Å². The van der Waals surface area contributed by atoms with Crippen molar-refractivity contribution in [1.82, 2.24) is 5.32 Å². The third kappa shape index (κ3) is 5.00. The fourth-order valence-corrected chi connectivity index (χ4v) is 3.45. The number of anilines is 1. The number of rotatable bonds is 5. The van der Waals surface area contributed by atoms with E-state index in [2.05, 4.69) is 72.0 Å². The molecule has 118 valence electrons. The lowest BCUT2D eigenvalue weighted by Crippen LogP contribution is -2.35. The highest BCUT2D eigenvalue weighted by molar-refractivity contribution is 9.10. The van der Waals surface area contributed by atoms with Gasteiger partial charge >= 0.3 is 0 Å². The number of hydrogen-bond donors (Lipinski definition) is 1. The number of nitrogens with one attached hydrogen (secondary N) is 1. The van der Waals surface area contributed by atoms with E-state index < -0.39 is 0 Å². The summed E-state index contributed by atoms with van der Waals surface area (Å²) in [4.78, 5) is 2.53. The fraction of sp³-hybridized carbons (Fsp3) is 0.667. The van der Waals surface area contributed by atoms with Crippen LogP contribution in [-0.2, 0) is 6.54 Å². The van der Waals surface area contributed by atoms with Crippen LogP contribution in [0.25, 0.3) is 0 Å². The molecule has 0 bridgehead atoms. The Bertz CT molecular complexity index is 465. The molecule has 1 saturated heterocycles. The molecule has 1 heterocycles. The van der Waals surface area contributed by atoms with Gasteiger partial charge in [0, 0.05) is 35.3 Å². The van der Waals surface area contributed by atoms with E-state index in [4.69, 9.17) is 0 Å². The van der Waals surface area contributed by atoms with Gasteiger partial charge in [0.2, 0.25) is 0 Å². The van der Waals surface area contributed by atoms with Crippen LogP contribution in [0.15, 0.2) is 22.7 Å². The average Bonchev–Trinajstić information content (AvgIpc) is 2.85. The van der Waals surface area contributed by atoms with Crippen molar-refractivity contribution in [1.29, 1.82) is 0 Å². The molecule has 1 aliphatic rings. The van der Waals surface area contributed by atoms with Gasteiger partial charge in [-0.05, 0) is 57.2 Å². The normalized spacial score (nSPS) is 19.3. The predicted molar refractivity (Wildman–Crippen MR) is 96.0 cm³/mol. The van der Waals surface area contributed by atoms with E-state index in [1.165, 1.54) is 48.1 Å². The largest absolute Gasteiger partial charge is 0.371 e. The second-order valence-corrected chi connectivity index (χ2v) is 8.12. The van der Waals surface area contributed by atoms with Crippen LogP contribution in [0.3, 0.4) is 0 Å². The monoisotopic (exact) mass is 352 g/mol. The summed E-state index contributed by atoms with van der Waals surface area (Å²) in [7, 11) is 0. The Labute approximate surface area is 138 Å². The lowest BCUT2D eigenvalue weighted by atomic mass is 10.0. The van der Waals surface area contributed by atoms with Gasteiger partial charge in [0.15, 0.2) is 0 Å². The smallest absolute Gasteiger partial charge is 0.0377 e. The molecule has 1 aromatic rings. The minimum absolute atomic E-state index is 0.153. The molecule has 1 N–H and O–H groups in total. The van der Waals surface area contributed by atoms with Crippen molar-refractivity contribution in [2.45, 2.75) is 59.0 Å². The summed E-state index contributed by atoms with van der Waals surface area (Å²) >= 11 is 3.74. The zero-order valence-electron chi connectivity index (χ0n) is 13.9. The predicted octanol–water partition coefficient (Wildman–Crippen LogP) is 4.96. The maximum atomic E-state index is 3.74. The van der Waals surface area contributed by atoms with Crippen LogP contribution < -0.4 is 10.2 Å². The molecule has 0 amide bonds. The van der Waals surface area contributed by atoms with Gasteiger partial charge in [-0.1, -0.05) is 35.3 Å². The Kier molecular flexibility index (Phi) is 5.73. The molecule has 0 spiro atoms. The van der Waals surface area contributed by atoms with Crippen LogP contribution in [0, 0.1) is 5.92 Å². The zero-order chi connectivity index (χ0) is 15.5. The van der Waals surface area contributed by atoms with Crippen molar-refractivity contribution in [3.63, 3.8) is 0 Å². The Balaban J connectivity index is 1.99. The topological polar surface area (TPSA) is 15.3 Å². The van der Waals surface area contributed by atoms with Crippen molar-refractivity contribution in [3.05, 3.63) is 28.2 Å². The van der Waals surface area contributed by atoms with Gasteiger partial charge in [-0.3, -0.25) is 0 Å². The number of nitrogens with zero attached hydrogens (tertiary/aromatic N) is 1. The summed E-state index contributed by atoms with van der Waals surface area (Å²) < 4.78 is 1.22. The van der Waals surface area contributed by atoms with Gasteiger partial charge in [0.05, 0.1) is 0 Å². The first-order valence-electron chi connectivity index (χ1n) is 8.17. The Hall–Kier alpha value is -0.540. The van der Waals surface area contributed by atoms with E-state index in [-0.39, 0.29) is 5.54 Å². The first-order chi connectivity index (χ1) is 9.89. The molecular weight excluding hydrogens is 324 g/mol. The van der Waals surface area contributed by atoms with E-state index in [0.717, 1.165) is 12.5 Å². The van der Waals surface area contributed by atoms with Crippen LogP contribution in [0.1, 0.15) is 52.5 Å². The van der Waals surface area contributed by atoms with Gasteiger partial charge in [0.25, 0.3) is 0 Å². The average molecular weight is 353 g/mol. The third-order valence-electron chi connectivity index (χ3n) is 4.19. The molecule has 1 aliphatic heterocycles. The molecule has 1 aromatic carbocycles. The van der Waals surface area contributed by atoms with E-state index in [9.17, 15) is 0 Å². The van der Waals surface area contributed by atoms with Crippen LogP contribution in [0.5, 0.6) is 0 Å². The summed E-state index contributed by atoms with van der Waals surface area (Å²) in [6.07, 6.45) is 4.02. The quantitative estimate of drug-likeness (QED) is 0.805. The molecular formula is C18H29BrN2. The lowest BCUT2D eigenvalue weighted by Gasteiger charge is -2.23. The summed E-state index contributed by atoms with van der Waals surface area (Å²) in [6, 6.07) is 6.82. The molecule has 0 aliphatic carbocycles. The standard InChI is InChI=1S/C18H29BrN2/c1-5-6-14-9-10-21(13-14)16-8-7-15(17(19)11-16)12-20-18(2,3)4/h7-8,11,14,20H,5-6,9-10,12-13H2,1-4H3. The zero-order valence-corrected chi connectivity index (χ0v) is 15.5. The summed E-state index contributed by atoms with van der Waals surface area (Å²) in [5, 5.41) is 3.55. The van der Waals surface area contributed by atoms with Crippen LogP contribution in [-0.4, -0.2) is 18.6 Å². The molecule has 1 unspecified atom stereocenters. The molecule has 0 radical (unpaired) electrons. The van der Waals surface area contributed by atoms with Crippen LogP contribution in [0.2, 0.25) is 0 Å². The highest BCUT2D eigenvalue weighted by atomic mass is 79.9. The van der Waals surface area contributed by atoms with Gasteiger partial charge in [0.1, 0.15) is 0 Å². The Morgan fingerprint density at radius 3 is 2.71 bits per heavy atom. The van der Waals surface area contributed by atoms with Crippen LogP contribution in [0.4, 0.5) is 5.69 Å². The van der Waals surface area contributed by atoms with Crippen molar-refractivity contribution in [2.75, 3.05) is 18.0 Å². The van der Waals surface area contributed by atoms with Crippen molar-refractivity contribution in [2.24, 2.45) is 5.92 Å². The summed E-state index contributed by atoms with van der Waals surface area (Å²) in [6.45, 7) is 12.2. The van der Waals surface area contributed by atoms with Gasteiger partial charge in [-0.25, -0.2) is 0 Å². The van der Waals surface area contributed by atoms with Gasteiger partial charge in [-0.15, -0.1) is 0 Å². The maximum absolute atomic E-state index is 3.74. The first-order valence-corrected chi connectivity index (χ1v) is 8.97. The Morgan fingerprint density at radius 1 is 1.33 bits per heavy atom. The van der Waals surface area contributed by atoms with Crippen molar-refractivity contribution >= 4 is 21.6 Å². The molecule has 0 aromatic heterocycles. The lowest BCUT2D eigenvalue weighted by molar-refractivity contribution is 0.424. The second kappa shape index (κ2) is 7.15. The second-order valence-electron chi connectivity index (χ2n) is 7.27. The van der Waals surface area contributed by atoms with E-state index in [0.29, 0.717) is 0 Å². The molecule has 1 atom stereocenters. The minimum Gasteiger partial charge on any atom is -0.371 e. The van der Waals surface area contributed by atoms with Crippen molar-refractivity contribution < 1.29 is 0 Å². The number of halogens is 1. The van der Waals surface area contributed by atoms with E-state index in [1.54, 1.807) is 0 Å². The summed E-state index contributed by atoms with van der Waals surface area (Å²) in [5.74, 6) is 0.885. The SMILES string of the molecule is CCCC1CCN(c2ccc(CNC(C)(C)C)c(Br)c2)C1. The molecule has 3 heteroatoms. The summed E-state index contributed by atoms with van der Waals surface area (Å²) in [5.41, 5.74) is 2.85. The molecule has 21 heavy (non-hydrogen) atoms. The Morgan fingerprint density at radius 2 is 2.10 bits per heavy atom. The van der Waals surface area contributed by atoms with E-state index in [1.807, 2.05) is 0 Å². The number of benzene rings is 1. The van der Waals surface area contributed by atoms with Gasteiger partial charge in [-0.2, -0.15) is 0 Å². The molecule has 2 rings (SSSR count).